The van der Waals surface area contributed by atoms with Crippen molar-refractivity contribution in [3.63, 3.8) is 0 Å². The first-order valence-corrected chi connectivity index (χ1v) is 12.3. The van der Waals surface area contributed by atoms with Crippen molar-refractivity contribution < 1.29 is 26.2 Å². The molecule has 0 bridgehead atoms. The normalized spacial score (nSPS) is 20.6. The van der Waals surface area contributed by atoms with Crippen molar-refractivity contribution in [2.24, 2.45) is 11.8 Å². The summed E-state index contributed by atoms with van der Waals surface area (Å²) in [6.07, 6.45) is 8.26. The van der Waals surface area contributed by atoms with Gasteiger partial charge in [-0.2, -0.15) is 0 Å². The van der Waals surface area contributed by atoms with Gasteiger partial charge in [0, 0.05) is 0 Å². The number of hydrogen-bond donors (Lipinski definition) is 0. The van der Waals surface area contributed by atoms with Crippen LogP contribution in [0, 0.1) is 11.8 Å². The Kier molecular flexibility index (Phi) is 8.21. The van der Waals surface area contributed by atoms with Crippen LogP contribution in [0.2, 0.25) is 0 Å². The van der Waals surface area contributed by atoms with Gasteiger partial charge in [-0.15, -0.1) is 24.8 Å². The van der Waals surface area contributed by atoms with Gasteiger partial charge in [-0.05, 0) is 0 Å². The number of hydrogen-bond acceptors (Lipinski definition) is 2. The predicted octanol–water partition coefficient (Wildman–Crippen LogP) is 7.86. The minimum absolute atomic E-state index is 0. The zero-order valence-corrected chi connectivity index (χ0v) is 21.6. The van der Waals surface area contributed by atoms with Gasteiger partial charge in [-0.3, -0.25) is 0 Å². The molecule has 160 valence electrons. The largest absolute Gasteiger partial charge is 0.147 e. The van der Waals surface area contributed by atoms with Crippen LogP contribution >= 0.6 is 24.8 Å². The molecular weight excluding hydrogens is 451 g/mol. The second-order valence-electron chi connectivity index (χ2n) is 8.20. The van der Waals surface area contributed by atoms with Crippen LogP contribution in [0.25, 0.3) is 11.1 Å². The zero-order valence-electron chi connectivity index (χ0n) is 18.4. The van der Waals surface area contributed by atoms with Gasteiger partial charge >= 0.3 is 174 Å². The minimum Gasteiger partial charge on any atom is -0.147 e. The Bertz CT molecular complexity index is 980. The number of rotatable bonds is 4. The van der Waals surface area contributed by atoms with E-state index in [-0.39, 0.29) is 24.8 Å². The van der Waals surface area contributed by atoms with Crippen LogP contribution in [0.4, 0.5) is 0 Å². The maximum absolute atomic E-state index is 5.85. The molecule has 0 fully saturated rings. The smallest absolute Gasteiger partial charge is 0.147 e. The van der Waals surface area contributed by atoms with E-state index in [0.717, 1.165) is 11.5 Å². The van der Waals surface area contributed by atoms with Crippen LogP contribution < -0.4 is 0 Å². The van der Waals surface area contributed by atoms with Crippen LogP contribution in [0.3, 0.4) is 0 Å². The molecule has 0 aliphatic heterocycles. The van der Waals surface area contributed by atoms with Gasteiger partial charge < -0.3 is 0 Å². The Morgan fingerprint density at radius 3 is 1.47 bits per heavy atom. The molecule has 4 rings (SSSR count). The van der Waals surface area contributed by atoms with E-state index in [2.05, 4.69) is 65.8 Å². The van der Waals surface area contributed by atoms with Crippen molar-refractivity contribution in [1.29, 1.82) is 0 Å². The van der Waals surface area contributed by atoms with Gasteiger partial charge in [0.05, 0.1) is 0 Å². The van der Waals surface area contributed by atoms with Crippen molar-refractivity contribution in [3.8, 4) is 0 Å². The molecule has 2 nitrogen and oxygen atoms in total. The quantitative estimate of drug-likeness (QED) is 0.416. The second-order valence-corrected chi connectivity index (χ2v) is 12.6. The average molecular weight is 481 g/mol. The molecule has 0 N–H and O–H groups in total. The van der Waals surface area contributed by atoms with E-state index < -0.39 is 17.4 Å². The zero-order chi connectivity index (χ0) is 20.0. The van der Waals surface area contributed by atoms with Gasteiger partial charge in [-0.1, -0.05) is 0 Å². The molecule has 2 aliphatic carbocycles. The van der Waals surface area contributed by atoms with Crippen molar-refractivity contribution in [2.75, 3.05) is 0 Å². The molecule has 2 atom stereocenters. The summed E-state index contributed by atoms with van der Waals surface area (Å²) in [6.45, 7) is 13.9. The number of halogens is 2. The average Bonchev–Trinajstić information content (AvgIpc) is 3.43. The van der Waals surface area contributed by atoms with Crippen molar-refractivity contribution in [1.82, 2.24) is 0 Å². The topological polar surface area (TPSA) is 26.3 Å². The monoisotopic (exact) mass is 480 g/mol. The Balaban J connectivity index is 0.00000160. The summed E-state index contributed by atoms with van der Waals surface area (Å²) in [5.74, 6) is 2.92. The summed E-state index contributed by atoms with van der Waals surface area (Å²) < 4.78 is 16.5. The fourth-order valence-corrected chi connectivity index (χ4v) is 10.1. The summed E-state index contributed by atoms with van der Waals surface area (Å²) in [4.78, 5) is 0. The summed E-state index contributed by atoms with van der Waals surface area (Å²) in [5.41, 5.74) is 5.50. The summed E-state index contributed by atoms with van der Waals surface area (Å²) in [6, 6.07) is 8.18. The SMILES string of the molecule is CC1=CC(c2ccco2)=[C]([Ti]([C]2=C(c3ccco3)C=C(C)C2C)=[C](C)C)C1C.Cl.Cl. The van der Waals surface area contributed by atoms with Gasteiger partial charge in [0.2, 0.25) is 0 Å². The standard InChI is InChI=1S/2C11H11O.C3H6.2ClH.Ti/c2*1-8-6-10(7-9(8)2)11-4-3-5-12-11;1-3-2;;;/h2*3-6,9H,1-2H3;1-2H3;2*1H;. The molecule has 2 aromatic heterocycles. The van der Waals surface area contributed by atoms with Crippen LogP contribution in [0.1, 0.15) is 53.1 Å². The predicted molar refractivity (Wildman–Crippen MR) is 128 cm³/mol. The Morgan fingerprint density at radius 1 is 0.767 bits per heavy atom. The van der Waals surface area contributed by atoms with Crippen molar-refractivity contribution in [2.45, 2.75) is 41.5 Å². The summed E-state index contributed by atoms with van der Waals surface area (Å²) in [7, 11) is 0. The molecule has 2 aromatic rings. The molecule has 0 aromatic carbocycles. The van der Waals surface area contributed by atoms with E-state index in [1.165, 1.54) is 22.3 Å². The van der Waals surface area contributed by atoms with E-state index in [9.17, 15) is 0 Å². The number of allylic oxidation sites excluding steroid dienone is 8. The Hall–Kier alpha value is -1.32. The van der Waals surface area contributed by atoms with E-state index in [1.807, 2.05) is 12.1 Å². The molecule has 2 heterocycles. The minimum atomic E-state index is -1.92. The van der Waals surface area contributed by atoms with E-state index in [0.29, 0.717) is 11.8 Å². The van der Waals surface area contributed by atoms with Crippen molar-refractivity contribution in [3.05, 3.63) is 79.4 Å². The third-order valence-electron chi connectivity index (χ3n) is 6.17. The van der Waals surface area contributed by atoms with Crippen LogP contribution in [0.5, 0.6) is 0 Å². The number of furan rings is 2. The van der Waals surface area contributed by atoms with Crippen LogP contribution in [-0.2, 0) is 17.4 Å². The van der Waals surface area contributed by atoms with Crippen LogP contribution in [-0.4, -0.2) is 3.81 Å². The van der Waals surface area contributed by atoms with E-state index in [4.69, 9.17) is 8.83 Å². The maximum atomic E-state index is 5.85. The molecule has 0 radical (unpaired) electrons. The maximum Gasteiger partial charge on any atom is -0.147 e. The van der Waals surface area contributed by atoms with Gasteiger partial charge in [-0.25, -0.2) is 0 Å². The first-order valence-electron chi connectivity index (χ1n) is 10.0. The second kappa shape index (κ2) is 9.87. The summed E-state index contributed by atoms with van der Waals surface area (Å²) in [5, 5.41) is 0. The van der Waals surface area contributed by atoms with Gasteiger partial charge in [0.15, 0.2) is 0 Å². The third-order valence-corrected chi connectivity index (χ3v) is 11.6. The van der Waals surface area contributed by atoms with Gasteiger partial charge in [0.25, 0.3) is 0 Å². The van der Waals surface area contributed by atoms with Crippen molar-refractivity contribution >= 4 is 39.8 Å². The Morgan fingerprint density at radius 2 is 1.17 bits per heavy atom. The summed E-state index contributed by atoms with van der Waals surface area (Å²) >= 11 is -1.92. The molecule has 30 heavy (non-hydrogen) atoms. The molecule has 2 aliphatic rings. The fraction of sp³-hybridized carbons (Fsp3) is 0.320. The third kappa shape index (κ3) is 4.21. The first kappa shape index (κ1) is 24.9. The Labute approximate surface area is 198 Å². The molecule has 0 saturated carbocycles. The molecule has 0 saturated heterocycles. The van der Waals surface area contributed by atoms with Gasteiger partial charge in [0.1, 0.15) is 0 Å². The molecule has 0 spiro atoms. The molecular formula is C25H30Cl2O2Ti. The fourth-order valence-electron chi connectivity index (χ4n) is 4.44. The van der Waals surface area contributed by atoms with Crippen LogP contribution in [0.15, 0.2) is 76.7 Å². The van der Waals surface area contributed by atoms with E-state index >= 15 is 0 Å². The van der Waals surface area contributed by atoms with E-state index in [1.54, 1.807) is 24.1 Å². The first-order chi connectivity index (χ1) is 13.4. The molecule has 5 heteroatoms. The molecule has 0 amide bonds. The molecule has 2 unspecified atom stereocenters.